The van der Waals surface area contributed by atoms with Gasteiger partial charge in [-0.25, -0.2) is 0 Å². The Morgan fingerprint density at radius 1 is 1.12 bits per heavy atom. The lowest BCUT2D eigenvalue weighted by atomic mass is 10.1. The summed E-state index contributed by atoms with van der Waals surface area (Å²) >= 11 is 0. The van der Waals surface area contributed by atoms with Crippen LogP contribution in [0.15, 0.2) is 54.6 Å². The van der Waals surface area contributed by atoms with Gasteiger partial charge < -0.3 is 19.7 Å². The molecule has 0 bridgehead atoms. The summed E-state index contributed by atoms with van der Waals surface area (Å²) in [4.78, 5) is 41.0. The molecule has 0 radical (unpaired) electrons. The number of ether oxygens (including phenoxy) is 2. The van der Waals surface area contributed by atoms with Crippen molar-refractivity contribution in [2.75, 3.05) is 33.3 Å². The van der Waals surface area contributed by atoms with Gasteiger partial charge in [0.25, 0.3) is 0 Å². The number of fused-ring (bicyclic) bond motifs is 1. The molecule has 1 saturated heterocycles. The number of rotatable bonds is 5. The van der Waals surface area contributed by atoms with Crippen molar-refractivity contribution in [3.05, 3.63) is 65.7 Å². The van der Waals surface area contributed by atoms with Gasteiger partial charge in [0.2, 0.25) is 11.8 Å². The van der Waals surface area contributed by atoms with E-state index in [4.69, 9.17) is 9.47 Å². The van der Waals surface area contributed by atoms with Gasteiger partial charge in [-0.3, -0.25) is 19.3 Å². The largest absolute Gasteiger partial charge is 0.484 e. The second-order valence-electron chi connectivity index (χ2n) is 7.97. The Hall–Kier alpha value is -3.39. The molecule has 2 amide bonds. The number of hydrogen-bond acceptors (Lipinski definition) is 6. The molecule has 2 aliphatic heterocycles. The average molecular weight is 437 g/mol. The molecule has 2 aliphatic rings. The van der Waals surface area contributed by atoms with Gasteiger partial charge in [-0.1, -0.05) is 48.5 Å². The molecule has 168 valence electrons. The first-order valence-electron chi connectivity index (χ1n) is 10.7. The molecule has 0 aliphatic carbocycles. The Balaban J connectivity index is 1.54. The number of hydrogen-bond donors (Lipinski definition) is 1. The van der Waals surface area contributed by atoms with E-state index < -0.39 is 12.0 Å². The Bertz CT molecular complexity index is 981. The summed E-state index contributed by atoms with van der Waals surface area (Å²) in [5.74, 6) is -0.245. The first kappa shape index (κ1) is 21.8. The number of nitrogens with zero attached hydrogens (tertiary/aromatic N) is 2. The topological polar surface area (TPSA) is 88.2 Å². The van der Waals surface area contributed by atoms with E-state index in [-0.39, 0.29) is 30.9 Å². The zero-order valence-electron chi connectivity index (χ0n) is 18.0. The van der Waals surface area contributed by atoms with E-state index >= 15 is 0 Å². The van der Waals surface area contributed by atoms with Crippen LogP contribution >= 0.6 is 0 Å². The van der Waals surface area contributed by atoms with Crippen molar-refractivity contribution >= 4 is 17.8 Å². The summed E-state index contributed by atoms with van der Waals surface area (Å²) in [6, 6.07) is 16.9. The van der Waals surface area contributed by atoms with Crippen LogP contribution in [0, 0.1) is 0 Å². The van der Waals surface area contributed by atoms with Crippen molar-refractivity contribution in [2.24, 2.45) is 0 Å². The Labute approximate surface area is 187 Å². The summed E-state index contributed by atoms with van der Waals surface area (Å²) in [6.45, 7) is 1.90. The number of esters is 1. The second kappa shape index (κ2) is 9.82. The van der Waals surface area contributed by atoms with Gasteiger partial charge in [-0.15, -0.1) is 0 Å². The minimum absolute atomic E-state index is 0.117. The summed E-state index contributed by atoms with van der Waals surface area (Å²) in [6.07, 6.45) is -0.393. The zero-order valence-corrected chi connectivity index (χ0v) is 18.0. The van der Waals surface area contributed by atoms with Crippen LogP contribution in [0.5, 0.6) is 5.75 Å². The molecule has 4 rings (SSSR count). The van der Waals surface area contributed by atoms with Crippen molar-refractivity contribution in [2.45, 2.75) is 25.1 Å². The quantitative estimate of drug-likeness (QED) is 0.714. The predicted octanol–water partition coefficient (Wildman–Crippen LogP) is 1.51. The van der Waals surface area contributed by atoms with E-state index in [1.165, 1.54) is 12.0 Å². The van der Waals surface area contributed by atoms with Gasteiger partial charge >= 0.3 is 5.97 Å². The summed E-state index contributed by atoms with van der Waals surface area (Å²) in [7, 11) is 1.27. The Morgan fingerprint density at radius 3 is 2.66 bits per heavy atom. The molecule has 2 atom stereocenters. The summed E-state index contributed by atoms with van der Waals surface area (Å²) in [5.41, 5.74) is 2.03. The third-order valence-electron chi connectivity index (χ3n) is 5.83. The van der Waals surface area contributed by atoms with Gasteiger partial charge in [0.05, 0.1) is 20.1 Å². The standard InChI is InChI=1S/C24H27N3O5/c1-31-23(29)13-19-24(30)25-11-12-27(19)22(28)16-26-14-18-9-5-6-10-20(18)32-21(15-26)17-7-3-2-4-8-17/h2-10,19,21H,11-16H2,1H3,(H,25,30). The van der Waals surface area contributed by atoms with E-state index in [1.54, 1.807) is 0 Å². The zero-order chi connectivity index (χ0) is 22.5. The highest BCUT2D eigenvalue weighted by molar-refractivity contribution is 5.92. The predicted molar refractivity (Wildman–Crippen MR) is 117 cm³/mol. The third kappa shape index (κ3) is 4.91. The molecule has 8 nitrogen and oxygen atoms in total. The van der Waals surface area contributed by atoms with E-state index in [2.05, 4.69) is 5.32 Å². The van der Waals surface area contributed by atoms with Gasteiger partial charge in [0.1, 0.15) is 17.9 Å². The minimum Gasteiger partial charge on any atom is -0.484 e. The van der Waals surface area contributed by atoms with Crippen LogP contribution in [0.25, 0.3) is 0 Å². The smallest absolute Gasteiger partial charge is 0.308 e. The molecule has 0 aromatic heterocycles. The number of benzene rings is 2. The number of amides is 2. The summed E-state index contributed by atoms with van der Waals surface area (Å²) < 4.78 is 11.0. The van der Waals surface area contributed by atoms with E-state index in [9.17, 15) is 14.4 Å². The van der Waals surface area contributed by atoms with Crippen LogP contribution in [-0.2, 0) is 25.7 Å². The molecule has 0 spiro atoms. The van der Waals surface area contributed by atoms with Gasteiger partial charge in [-0.2, -0.15) is 0 Å². The number of carbonyl (C=O) groups is 3. The summed E-state index contributed by atoms with van der Waals surface area (Å²) in [5, 5.41) is 2.73. The number of carbonyl (C=O) groups excluding carboxylic acids is 3. The lowest BCUT2D eigenvalue weighted by molar-refractivity contribution is -0.150. The highest BCUT2D eigenvalue weighted by Gasteiger charge is 2.36. The lowest BCUT2D eigenvalue weighted by Crippen LogP contribution is -2.59. The molecule has 2 aromatic rings. The molecule has 1 fully saturated rings. The van der Waals surface area contributed by atoms with Crippen LogP contribution in [0.3, 0.4) is 0 Å². The number of para-hydroxylation sites is 1. The highest BCUT2D eigenvalue weighted by Crippen LogP contribution is 2.31. The second-order valence-corrected chi connectivity index (χ2v) is 7.97. The normalized spacial score (nSPS) is 21.0. The number of piperazine rings is 1. The first-order chi connectivity index (χ1) is 15.5. The SMILES string of the molecule is COC(=O)CC1C(=O)NCCN1C(=O)CN1Cc2ccccc2OC(c2ccccc2)C1. The van der Waals surface area contributed by atoms with Crippen LogP contribution in [0.4, 0.5) is 0 Å². The minimum atomic E-state index is -0.857. The van der Waals surface area contributed by atoms with Crippen LogP contribution in [0.2, 0.25) is 0 Å². The fraction of sp³-hybridized carbons (Fsp3) is 0.375. The van der Waals surface area contributed by atoms with Gasteiger partial charge in [0, 0.05) is 31.7 Å². The van der Waals surface area contributed by atoms with Gasteiger partial charge in [-0.05, 0) is 11.6 Å². The molecule has 8 heteroatoms. The maximum atomic E-state index is 13.3. The van der Waals surface area contributed by atoms with Gasteiger partial charge in [0.15, 0.2) is 0 Å². The fourth-order valence-electron chi connectivity index (χ4n) is 4.18. The molecule has 1 N–H and O–H groups in total. The highest BCUT2D eigenvalue weighted by atomic mass is 16.5. The van der Waals surface area contributed by atoms with E-state index in [0.29, 0.717) is 26.2 Å². The molecule has 0 saturated carbocycles. The maximum Gasteiger partial charge on any atom is 0.308 e. The lowest BCUT2D eigenvalue weighted by Gasteiger charge is -2.36. The third-order valence-corrected chi connectivity index (χ3v) is 5.83. The van der Waals surface area contributed by atoms with Crippen LogP contribution in [-0.4, -0.2) is 66.9 Å². The van der Waals surface area contributed by atoms with Crippen molar-refractivity contribution in [1.82, 2.24) is 15.1 Å². The molecule has 2 unspecified atom stereocenters. The van der Waals surface area contributed by atoms with Crippen molar-refractivity contribution in [3.63, 3.8) is 0 Å². The number of nitrogens with one attached hydrogen (secondary N) is 1. The van der Waals surface area contributed by atoms with Crippen LogP contribution in [0.1, 0.15) is 23.7 Å². The Morgan fingerprint density at radius 2 is 1.88 bits per heavy atom. The van der Waals surface area contributed by atoms with Crippen molar-refractivity contribution in [1.29, 1.82) is 0 Å². The Kier molecular flexibility index (Phi) is 6.70. The molecule has 32 heavy (non-hydrogen) atoms. The number of methoxy groups -OCH3 is 1. The molecule has 2 heterocycles. The maximum absolute atomic E-state index is 13.3. The average Bonchev–Trinajstić information content (AvgIpc) is 2.99. The van der Waals surface area contributed by atoms with E-state index in [0.717, 1.165) is 16.9 Å². The van der Waals surface area contributed by atoms with Crippen LogP contribution < -0.4 is 10.1 Å². The monoisotopic (exact) mass is 437 g/mol. The van der Waals surface area contributed by atoms with Crippen molar-refractivity contribution < 1.29 is 23.9 Å². The fourth-order valence-corrected chi connectivity index (χ4v) is 4.18. The van der Waals surface area contributed by atoms with E-state index in [1.807, 2.05) is 59.5 Å². The molecular weight excluding hydrogens is 410 g/mol. The first-order valence-corrected chi connectivity index (χ1v) is 10.7. The molecule has 2 aromatic carbocycles. The molecular formula is C24H27N3O5. The van der Waals surface area contributed by atoms with Crippen molar-refractivity contribution in [3.8, 4) is 5.75 Å².